The fraction of sp³-hybridized carbons (Fsp3) is 0. The van der Waals surface area contributed by atoms with Crippen LogP contribution in [-0.4, -0.2) is 14.6 Å². The summed E-state index contributed by atoms with van der Waals surface area (Å²) in [6, 6.07) is 3.33. The van der Waals surface area contributed by atoms with Crippen LogP contribution in [-0.2, 0) is 0 Å². The summed E-state index contributed by atoms with van der Waals surface area (Å²) < 4.78 is 0.815. The molecular formula is C7H8N6O. The quantitative estimate of drug-likeness (QED) is 0.386. The Morgan fingerprint density at radius 2 is 2.29 bits per heavy atom. The molecule has 2 heterocycles. The second-order valence-corrected chi connectivity index (χ2v) is 2.63. The number of nitrogens with one attached hydrogen (secondary N) is 1. The van der Waals surface area contributed by atoms with Crippen LogP contribution in [0, 0.1) is 0 Å². The molecule has 0 saturated carbocycles. The lowest BCUT2D eigenvalue weighted by Crippen LogP contribution is -2.32. The Balaban J connectivity index is 2.92. The number of aromatic nitrogens is 3. The molecule has 2 aromatic heterocycles. The van der Waals surface area contributed by atoms with Gasteiger partial charge < -0.3 is 5.84 Å². The van der Waals surface area contributed by atoms with E-state index in [-0.39, 0.29) is 11.5 Å². The average Bonchev–Trinajstić information content (AvgIpc) is 2.23. The highest BCUT2D eigenvalue weighted by molar-refractivity contribution is 5.73. The molecule has 0 atom stereocenters. The Bertz CT molecular complexity index is 533. The largest absolute Gasteiger partial charge is 0.333 e. The summed E-state index contributed by atoms with van der Waals surface area (Å²) in [5, 5.41) is 0. The molecule has 72 valence electrons. The van der Waals surface area contributed by atoms with Crippen LogP contribution < -0.4 is 22.7 Å². The van der Waals surface area contributed by atoms with Crippen molar-refractivity contribution in [2.24, 2.45) is 5.84 Å². The maximum Gasteiger partial charge on any atom is 0.299 e. The van der Waals surface area contributed by atoms with Crippen LogP contribution in [0.15, 0.2) is 23.1 Å². The predicted molar refractivity (Wildman–Crippen MR) is 51.8 cm³/mol. The molecule has 0 aliphatic carbocycles. The van der Waals surface area contributed by atoms with Crippen LogP contribution in [0.1, 0.15) is 0 Å². The van der Waals surface area contributed by atoms with Gasteiger partial charge in [0.1, 0.15) is 0 Å². The first kappa shape index (κ1) is 8.45. The van der Waals surface area contributed by atoms with E-state index in [4.69, 9.17) is 11.7 Å². The number of hydrogen-bond acceptors (Lipinski definition) is 6. The minimum atomic E-state index is -0.441. The Kier molecular flexibility index (Phi) is 1.79. The smallest absolute Gasteiger partial charge is 0.299 e. The first-order chi connectivity index (χ1) is 6.74. The summed E-state index contributed by atoms with van der Waals surface area (Å²) in [4.78, 5) is 19.4. The Hall–Kier alpha value is -2.15. The fourth-order valence-electron chi connectivity index (χ4n) is 1.13. The van der Waals surface area contributed by atoms with E-state index >= 15 is 0 Å². The normalized spacial score (nSPS) is 10.4. The van der Waals surface area contributed by atoms with E-state index in [0.717, 1.165) is 4.68 Å². The van der Waals surface area contributed by atoms with Gasteiger partial charge in [-0.2, -0.15) is 4.68 Å². The van der Waals surface area contributed by atoms with Gasteiger partial charge in [0.15, 0.2) is 5.52 Å². The standard InChI is InChI=1S/C7H8N6O/c8-12-7-11-4-2-1-3-10-5(4)6(14)13(7)9/h1-3H,8-9H2,(H,11,12). The number of hydrogen-bond donors (Lipinski definition) is 3. The molecule has 5 N–H and O–H groups in total. The summed E-state index contributed by atoms with van der Waals surface area (Å²) in [5.41, 5.74) is 2.45. The van der Waals surface area contributed by atoms with E-state index in [9.17, 15) is 4.79 Å². The Labute approximate surface area is 78.3 Å². The molecule has 0 spiro atoms. The van der Waals surface area contributed by atoms with E-state index < -0.39 is 5.56 Å². The molecule has 0 amide bonds. The van der Waals surface area contributed by atoms with Gasteiger partial charge in [0, 0.05) is 6.20 Å². The molecule has 0 aromatic carbocycles. The van der Waals surface area contributed by atoms with Crippen molar-refractivity contribution >= 4 is 17.0 Å². The van der Waals surface area contributed by atoms with Crippen molar-refractivity contribution in [3.63, 3.8) is 0 Å². The van der Waals surface area contributed by atoms with Gasteiger partial charge in [-0.15, -0.1) is 0 Å². The van der Waals surface area contributed by atoms with Crippen LogP contribution in [0.2, 0.25) is 0 Å². The van der Waals surface area contributed by atoms with Crippen molar-refractivity contribution in [1.29, 1.82) is 0 Å². The van der Waals surface area contributed by atoms with Gasteiger partial charge in [-0.1, -0.05) is 0 Å². The number of fused-ring (bicyclic) bond motifs is 1. The van der Waals surface area contributed by atoms with Gasteiger partial charge in [-0.3, -0.25) is 10.2 Å². The minimum absolute atomic E-state index is 0.0931. The van der Waals surface area contributed by atoms with Gasteiger partial charge in [-0.25, -0.2) is 15.8 Å². The SMILES string of the molecule is NNc1nc2cccnc2c(=O)n1N. The van der Waals surface area contributed by atoms with Crippen molar-refractivity contribution in [2.45, 2.75) is 0 Å². The van der Waals surface area contributed by atoms with E-state index in [0.29, 0.717) is 5.52 Å². The molecule has 7 nitrogen and oxygen atoms in total. The van der Waals surface area contributed by atoms with E-state index in [1.165, 1.54) is 6.20 Å². The topological polar surface area (TPSA) is 112 Å². The van der Waals surface area contributed by atoms with Crippen LogP contribution >= 0.6 is 0 Å². The molecular weight excluding hydrogens is 184 g/mol. The fourth-order valence-corrected chi connectivity index (χ4v) is 1.13. The van der Waals surface area contributed by atoms with Gasteiger partial charge in [0.05, 0.1) is 5.52 Å². The average molecular weight is 192 g/mol. The zero-order valence-corrected chi connectivity index (χ0v) is 7.14. The number of anilines is 1. The summed E-state index contributed by atoms with van der Waals surface area (Å²) in [6.07, 6.45) is 1.50. The lowest BCUT2D eigenvalue weighted by molar-refractivity contribution is 0.905. The zero-order valence-electron chi connectivity index (χ0n) is 7.14. The Morgan fingerprint density at radius 3 is 3.00 bits per heavy atom. The van der Waals surface area contributed by atoms with Gasteiger partial charge in [0.2, 0.25) is 5.95 Å². The molecule has 14 heavy (non-hydrogen) atoms. The number of nitrogens with two attached hydrogens (primary N) is 2. The van der Waals surface area contributed by atoms with Crippen LogP contribution in [0.25, 0.3) is 11.0 Å². The first-order valence-corrected chi connectivity index (χ1v) is 3.83. The molecule has 2 aromatic rings. The molecule has 0 aliphatic rings. The minimum Gasteiger partial charge on any atom is -0.333 e. The van der Waals surface area contributed by atoms with Gasteiger partial charge in [-0.05, 0) is 12.1 Å². The lowest BCUT2D eigenvalue weighted by Gasteiger charge is -2.05. The molecule has 7 heteroatoms. The Morgan fingerprint density at radius 1 is 1.50 bits per heavy atom. The summed E-state index contributed by atoms with van der Waals surface area (Å²) in [6.45, 7) is 0. The van der Waals surface area contributed by atoms with Gasteiger partial charge >= 0.3 is 0 Å². The highest BCUT2D eigenvalue weighted by Gasteiger charge is 2.07. The maximum atomic E-state index is 11.5. The molecule has 0 fully saturated rings. The molecule has 0 bridgehead atoms. The lowest BCUT2D eigenvalue weighted by atomic mass is 10.4. The van der Waals surface area contributed by atoms with E-state index in [1.807, 2.05) is 0 Å². The third-order valence-electron chi connectivity index (χ3n) is 1.79. The highest BCUT2D eigenvalue weighted by Crippen LogP contribution is 2.04. The number of rotatable bonds is 1. The first-order valence-electron chi connectivity index (χ1n) is 3.83. The van der Waals surface area contributed by atoms with E-state index in [1.54, 1.807) is 12.1 Å². The number of nitrogen functional groups attached to an aromatic ring is 2. The summed E-state index contributed by atoms with van der Waals surface area (Å²) in [5.74, 6) is 10.6. The zero-order chi connectivity index (χ0) is 10.1. The van der Waals surface area contributed by atoms with Crippen LogP contribution in [0.5, 0.6) is 0 Å². The van der Waals surface area contributed by atoms with Crippen molar-refractivity contribution in [2.75, 3.05) is 11.3 Å². The molecule has 0 unspecified atom stereocenters. The molecule has 0 aliphatic heterocycles. The van der Waals surface area contributed by atoms with Crippen LogP contribution in [0.4, 0.5) is 5.95 Å². The second kappa shape index (κ2) is 2.96. The molecule has 2 rings (SSSR count). The second-order valence-electron chi connectivity index (χ2n) is 2.63. The third-order valence-corrected chi connectivity index (χ3v) is 1.79. The number of pyridine rings is 1. The van der Waals surface area contributed by atoms with Crippen LogP contribution in [0.3, 0.4) is 0 Å². The third kappa shape index (κ3) is 1.07. The summed E-state index contributed by atoms with van der Waals surface area (Å²) >= 11 is 0. The summed E-state index contributed by atoms with van der Waals surface area (Å²) in [7, 11) is 0. The molecule has 0 saturated heterocycles. The monoisotopic (exact) mass is 192 g/mol. The maximum absolute atomic E-state index is 11.5. The van der Waals surface area contributed by atoms with E-state index in [2.05, 4.69) is 15.4 Å². The van der Waals surface area contributed by atoms with Crippen molar-refractivity contribution < 1.29 is 0 Å². The van der Waals surface area contributed by atoms with Crippen molar-refractivity contribution in [1.82, 2.24) is 14.6 Å². The molecule has 0 radical (unpaired) electrons. The van der Waals surface area contributed by atoms with Gasteiger partial charge in [0.25, 0.3) is 5.56 Å². The van der Waals surface area contributed by atoms with Crippen molar-refractivity contribution in [3.05, 3.63) is 28.7 Å². The van der Waals surface area contributed by atoms with Crippen molar-refractivity contribution in [3.8, 4) is 0 Å². The number of hydrazine groups is 1. The number of nitrogens with zero attached hydrogens (tertiary/aromatic N) is 3. The predicted octanol–water partition coefficient (Wildman–Crippen LogP) is -1.21. The highest BCUT2D eigenvalue weighted by atomic mass is 16.1.